The highest BCUT2D eigenvalue weighted by Gasteiger charge is 2.41. The second kappa shape index (κ2) is 6.31. The maximum atomic E-state index is 12.8. The molecule has 0 saturated carbocycles. The van der Waals surface area contributed by atoms with Crippen molar-refractivity contribution in [1.82, 2.24) is 0 Å². The SMILES string of the molecule is Cc1cc2oc(=O)c3c(c2cc1C)Oc1c(c(=O)oc2cc(C)c(C)cc12)C3C(=O)O. The normalized spacial score (nSPS) is 13.2. The number of aryl methyl sites for hydroxylation is 4. The molecule has 0 fully saturated rings. The molecule has 0 atom stereocenters. The summed E-state index contributed by atoms with van der Waals surface area (Å²) in [5.74, 6) is -2.74. The summed E-state index contributed by atoms with van der Waals surface area (Å²) in [5, 5.41) is 10.9. The molecule has 0 radical (unpaired) electrons. The Labute approximate surface area is 175 Å². The Hall–Kier alpha value is -3.87. The molecule has 1 N–H and O–H groups in total. The van der Waals surface area contributed by atoms with Crippen molar-refractivity contribution >= 4 is 27.9 Å². The van der Waals surface area contributed by atoms with Gasteiger partial charge in [-0.15, -0.1) is 0 Å². The minimum absolute atomic E-state index is 0.0966. The van der Waals surface area contributed by atoms with Crippen molar-refractivity contribution in [3.8, 4) is 11.5 Å². The zero-order valence-electron chi connectivity index (χ0n) is 17.3. The third-order valence-corrected chi connectivity index (χ3v) is 6.04. The number of carbonyl (C=O) groups is 1. The van der Waals surface area contributed by atoms with Gasteiger partial charge in [0.1, 0.15) is 39.7 Å². The van der Waals surface area contributed by atoms with Crippen LogP contribution in [-0.2, 0) is 4.79 Å². The standard InChI is InChI=1S/C24H18O7/c1-9-5-13-15(7-11(9)3)29-23(27)18-17(22(25)26)19-21(31-20(13)18)14-6-10(2)12(4)8-16(14)30-24(19)28/h5-8,17H,1-4H3,(H,25,26). The molecule has 0 saturated heterocycles. The molecule has 1 aliphatic heterocycles. The molecule has 1 aliphatic rings. The Morgan fingerprint density at radius 1 is 0.742 bits per heavy atom. The van der Waals surface area contributed by atoms with E-state index in [1.54, 1.807) is 24.3 Å². The van der Waals surface area contributed by atoms with Crippen LogP contribution < -0.4 is 16.0 Å². The van der Waals surface area contributed by atoms with E-state index in [4.69, 9.17) is 13.6 Å². The molecule has 3 heterocycles. The van der Waals surface area contributed by atoms with Crippen LogP contribution >= 0.6 is 0 Å². The first-order valence-electron chi connectivity index (χ1n) is 9.74. The van der Waals surface area contributed by atoms with Crippen LogP contribution in [0.25, 0.3) is 21.9 Å². The zero-order chi connectivity index (χ0) is 22.2. The van der Waals surface area contributed by atoms with E-state index >= 15 is 0 Å². The summed E-state index contributed by atoms with van der Waals surface area (Å²) in [7, 11) is 0. The lowest BCUT2D eigenvalue weighted by molar-refractivity contribution is -0.138. The number of carboxylic acids is 1. The van der Waals surface area contributed by atoms with Gasteiger partial charge in [0.15, 0.2) is 0 Å². The van der Waals surface area contributed by atoms with Crippen LogP contribution in [0.15, 0.2) is 42.7 Å². The predicted molar refractivity (Wildman–Crippen MR) is 113 cm³/mol. The molecule has 0 amide bonds. The maximum absolute atomic E-state index is 12.8. The van der Waals surface area contributed by atoms with Gasteiger partial charge in [0.05, 0.1) is 10.8 Å². The zero-order valence-corrected chi connectivity index (χ0v) is 17.3. The van der Waals surface area contributed by atoms with Gasteiger partial charge in [0.25, 0.3) is 0 Å². The minimum Gasteiger partial charge on any atom is -0.481 e. The molecule has 0 spiro atoms. The fourth-order valence-electron chi connectivity index (χ4n) is 4.10. The van der Waals surface area contributed by atoms with Crippen molar-refractivity contribution in [2.45, 2.75) is 33.6 Å². The highest BCUT2D eigenvalue weighted by Crippen LogP contribution is 2.47. The lowest BCUT2D eigenvalue weighted by Crippen LogP contribution is -2.30. The van der Waals surface area contributed by atoms with Gasteiger partial charge in [-0.05, 0) is 74.2 Å². The summed E-state index contributed by atoms with van der Waals surface area (Å²) >= 11 is 0. The summed E-state index contributed by atoms with van der Waals surface area (Å²) in [6.45, 7) is 7.56. The van der Waals surface area contributed by atoms with Gasteiger partial charge >= 0.3 is 17.2 Å². The van der Waals surface area contributed by atoms with E-state index in [0.717, 1.165) is 22.3 Å². The quantitative estimate of drug-likeness (QED) is 0.455. The van der Waals surface area contributed by atoms with Crippen LogP contribution in [0.1, 0.15) is 39.3 Å². The van der Waals surface area contributed by atoms with E-state index < -0.39 is 23.1 Å². The highest BCUT2D eigenvalue weighted by atomic mass is 16.5. The number of aliphatic carboxylic acids is 1. The van der Waals surface area contributed by atoms with Crippen LogP contribution in [0, 0.1) is 27.7 Å². The van der Waals surface area contributed by atoms with Crippen LogP contribution in [0.3, 0.4) is 0 Å². The second-order valence-corrected chi connectivity index (χ2v) is 8.00. The Bertz CT molecular complexity index is 1460. The van der Waals surface area contributed by atoms with Crippen molar-refractivity contribution in [3.63, 3.8) is 0 Å². The van der Waals surface area contributed by atoms with Gasteiger partial charge in [-0.2, -0.15) is 0 Å². The second-order valence-electron chi connectivity index (χ2n) is 8.00. The number of hydrogen-bond acceptors (Lipinski definition) is 6. The van der Waals surface area contributed by atoms with Crippen molar-refractivity contribution in [3.05, 3.63) is 78.5 Å². The molecule has 0 unspecified atom stereocenters. The Kier molecular flexibility index (Phi) is 3.89. The van der Waals surface area contributed by atoms with Crippen LogP contribution in [-0.4, -0.2) is 11.1 Å². The average molecular weight is 418 g/mol. The predicted octanol–water partition coefficient (Wildman–Crippen LogP) is 4.46. The topological polar surface area (TPSA) is 107 Å². The third kappa shape index (κ3) is 2.63. The molecular formula is C24H18O7. The minimum atomic E-state index is -1.57. The smallest absolute Gasteiger partial charge is 0.344 e. The first kappa shape index (κ1) is 19.1. The largest absolute Gasteiger partial charge is 0.481 e. The van der Waals surface area contributed by atoms with Crippen LogP contribution in [0.5, 0.6) is 11.5 Å². The molecule has 7 nitrogen and oxygen atoms in total. The van der Waals surface area contributed by atoms with Crippen molar-refractivity contribution in [1.29, 1.82) is 0 Å². The summed E-state index contributed by atoms with van der Waals surface area (Å²) in [6, 6.07) is 7.01. The van der Waals surface area contributed by atoms with E-state index in [1.807, 2.05) is 27.7 Å². The fraction of sp³-hybridized carbons (Fsp3) is 0.208. The highest BCUT2D eigenvalue weighted by molar-refractivity contribution is 5.95. The number of benzene rings is 2. The first-order chi connectivity index (χ1) is 14.7. The molecule has 156 valence electrons. The van der Waals surface area contributed by atoms with Gasteiger partial charge in [-0.3, -0.25) is 4.79 Å². The summed E-state index contributed by atoms with van der Waals surface area (Å²) in [5.41, 5.74) is 2.11. The van der Waals surface area contributed by atoms with Gasteiger partial charge < -0.3 is 18.7 Å². The van der Waals surface area contributed by atoms with Gasteiger partial charge in [-0.25, -0.2) is 9.59 Å². The number of rotatable bonds is 1. The van der Waals surface area contributed by atoms with E-state index in [-0.39, 0.29) is 22.6 Å². The number of ether oxygens (including phenoxy) is 1. The monoisotopic (exact) mass is 418 g/mol. The van der Waals surface area contributed by atoms with Crippen molar-refractivity contribution in [2.75, 3.05) is 0 Å². The summed E-state index contributed by atoms with van der Waals surface area (Å²) < 4.78 is 17.0. The molecule has 4 aromatic rings. The third-order valence-electron chi connectivity index (χ3n) is 6.04. The number of carboxylic acid groups (broad SMARTS) is 1. The summed E-state index contributed by atoms with van der Waals surface area (Å²) in [6.07, 6.45) is 0. The van der Waals surface area contributed by atoms with Gasteiger partial charge in [0.2, 0.25) is 0 Å². The van der Waals surface area contributed by atoms with Crippen molar-refractivity contribution in [2.24, 2.45) is 0 Å². The molecule has 5 rings (SSSR count). The van der Waals surface area contributed by atoms with E-state index in [0.29, 0.717) is 21.9 Å². The van der Waals surface area contributed by atoms with Crippen LogP contribution in [0.4, 0.5) is 0 Å². The number of fused-ring (bicyclic) bond motifs is 6. The van der Waals surface area contributed by atoms with Crippen molar-refractivity contribution < 1.29 is 23.5 Å². The molecule has 2 aromatic heterocycles. The van der Waals surface area contributed by atoms with Gasteiger partial charge in [0, 0.05) is 0 Å². The molecule has 7 heteroatoms. The van der Waals surface area contributed by atoms with Gasteiger partial charge in [-0.1, -0.05) is 0 Å². The molecular weight excluding hydrogens is 400 g/mol. The van der Waals surface area contributed by atoms with E-state index in [1.165, 1.54) is 0 Å². The Morgan fingerprint density at radius 2 is 1.13 bits per heavy atom. The van der Waals surface area contributed by atoms with Crippen LogP contribution in [0.2, 0.25) is 0 Å². The molecule has 0 aliphatic carbocycles. The average Bonchev–Trinajstić information content (AvgIpc) is 2.70. The fourth-order valence-corrected chi connectivity index (χ4v) is 4.10. The molecule has 0 bridgehead atoms. The Balaban J connectivity index is 1.96. The summed E-state index contributed by atoms with van der Waals surface area (Å²) in [4.78, 5) is 37.9. The molecule has 2 aromatic carbocycles. The van der Waals surface area contributed by atoms with E-state index in [2.05, 4.69) is 0 Å². The lowest BCUT2D eigenvalue weighted by atomic mass is 9.88. The Morgan fingerprint density at radius 3 is 1.52 bits per heavy atom. The molecule has 31 heavy (non-hydrogen) atoms. The van der Waals surface area contributed by atoms with E-state index in [9.17, 15) is 19.5 Å². The lowest BCUT2D eigenvalue weighted by Gasteiger charge is -2.25. The first-order valence-corrected chi connectivity index (χ1v) is 9.74. The maximum Gasteiger partial charge on any atom is 0.344 e. The number of hydrogen-bond donors (Lipinski definition) is 1.